The van der Waals surface area contributed by atoms with Crippen molar-refractivity contribution in [1.29, 1.82) is 0 Å². The van der Waals surface area contributed by atoms with E-state index in [4.69, 9.17) is 19.6 Å². The fourth-order valence-corrected chi connectivity index (χ4v) is 5.81. The van der Waals surface area contributed by atoms with Gasteiger partial charge in [0.05, 0.1) is 7.11 Å². The molecule has 2 aliphatic rings. The molecule has 3 heterocycles. The molecule has 8 nitrogen and oxygen atoms in total. The predicted octanol–water partition coefficient (Wildman–Crippen LogP) is 6.39. The summed E-state index contributed by atoms with van der Waals surface area (Å²) >= 11 is 0. The lowest BCUT2D eigenvalue weighted by atomic mass is 9.91. The number of piperidine rings is 1. The highest BCUT2D eigenvalue weighted by molar-refractivity contribution is 5.96. The molecule has 2 aliphatic heterocycles. The molecule has 2 saturated heterocycles. The normalized spacial score (nSPS) is 17.5. The van der Waals surface area contributed by atoms with Gasteiger partial charge in [-0.3, -0.25) is 14.5 Å². The van der Waals surface area contributed by atoms with Gasteiger partial charge in [0.25, 0.3) is 0 Å². The number of aromatic nitrogens is 1. The number of aliphatic hydroxyl groups is 1. The van der Waals surface area contributed by atoms with Crippen LogP contribution in [0.3, 0.4) is 0 Å². The lowest BCUT2D eigenvalue weighted by Crippen LogP contribution is -2.35. The number of ether oxygens (including phenoxy) is 1. The first-order valence-electron chi connectivity index (χ1n) is 16.1. The van der Waals surface area contributed by atoms with Crippen LogP contribution in [0.25, 0.3) is 0 Å². The number of nitrogens with one attached hydrogen (secondary N) is 1. The standard InChI is InChI=1S/C26H32F3N3O2.C7H7F.C2H5NO.CH3FO/c1-4-17-11-23(18-5-8-31(9-6-18)10-7-27)30-24(12-17)32-16(2)20(15-25(32)33)26-21(28)13-19(34-3)14-22(26)29;1-6-2-4-7(8)5-3-6;1-3-2-4;2-1-3/h11-14,16,18,20H,4-10,15H2,1-3H3;2-5H,1H3;2H,1H3,(H,3,4);3H,1H2. The molecule has 270 valence electrons. The monoisotopic (exact) mass is 694 g/mol. The number of amides is 2. The van der Waals surface area contributed by atoms with Crippen molar-refractivity contribution in [3.8, 4) is 5.75 Å². The van der Waals surface area contributed by atoms with Crippen LogP contribution in [0.2, 0.25) is 0 Å². The van der Waals surface area contributed by atoms with E-state index in [0.29, 0.717) is 18.8 Å². The fourth-order valence-electron chi connectivity index (χ4n) is 5.81. The maximum Gasteiger partial charge on any atom is 0.229 e. The van der Waals surface area contributed by atoms with E-state index in [-0.39, 0.29) is 42.1 Å². The highest BCUT2D eigenvalue weighted by Crippen LogP contribution is 2.41. The van der Waals surface area contributed by atoms with E-state index in [1.807, 2.05) is 26.8 Å². The van der Waals surface area contributed by atoms with Gasteiger partial charge < -0.3 is 20.1 Å². The molecular weight excluding hydrogens is 647 g/mol. The maximum atomic E-state index is 14.8. The summed E-state index contributed by atoms with van der Waals surface area (Å²) in [6.07, 6.45) is 3.18. The number of carbonyl (C=O) groups excluding carboxylic acids is 2. The second-order valence-corrected chi connectivity index (χ2v) is 11.6. The number of aryl methyl sites for hydroxylation is 2. The van der Waals surface area contributed by atoms with Gasteiger partial charge in [0.15, 0.2) is 6.86 Å². The zero-order valence-electron chi connectivity index (χ0n) is 28.7. The Morgan fingerprint density at radius 2 is 1.61 bits per heavy atom. The first kappa shape index (κ1) is 41.1. The van der Waals surface area contributed by atoms with Crippen LogP contribution < -0.4 is 15.0 Å². The average molecular weight is 695 g/mol. The first-order valence-corrected chi connectivity index (χ1v) is 16.1. The number of aliphatic hydroxyl groups excluding tert-OH is 1. The summed E-state index contributed by atoms with van der Waals surface area (Å²) in [6, 6.07) is 12.2. The maximum absolute atomic E-state index is 14.8. The average Bonchev–Trinajstić information content (AvgIpc) is 3.39. The third-order valence-corrected chi connectivity index (χ3v) is 8.39. The van der Waals surface area contributed by atoms with Crippen LogP contribution in [-0.2, 0) is 16.0 Å². The van der Waals surface area contributed by atoms with Gasteiger partial charge in [0.1, 0.15) is 35.7 Å². The Kier molecular flexibility index (Phi) is 17.7. The van der Waals surface area contributed by atoms with Crippen LogP contribution in [0.4, 0.5) is 27.8 Å². The SMILES string of the molecule is CCc1cc(C2CCN(CCF)CC2)nc(N2C(=O)CC(c3c(F)cc(OC)cc3F)C2C)c1.CNC=O.Cc1ccc(F)cc1.OCF. The Balaban J connectivity index is 0.000000462. The molecule has 13 heteroatoms. The van der Waals surface area contributed by atoms with Gasteiger partial charge in [-0.2, -0.15) is 0 Å². The Hall–Kier alpha value is -4.10. The van der Waals surface area contributed by atoms with Crippen LogP contribution in [0.5, 0.6) is 5.75 Å². The lowest BCUT2D eigenvalue weighted by molar-refractivity contribution is -0.117. The van der Waals surface area contributed by atoms with Gasteiger partial charge >= 0.3 is 0 Å². The van der Waals surface area contributed by atoms with Gasteiger partial charge in [-0.15, -0.1) is 0 Å². The molecule has 5 rings (SSSR count). The molecule has 3 aromatic rings. The van der Waals surface area contributed by atoms with Crippen LogP contribution in [0, 0.1) is 24.4 Å². The fraction of sp³-hybridized carbons (Fsp3) is 0.472. The number of carbonyl (C=O) groups is 2. The minimum atomic E-state index is -1.25. The Morgan fingerprint density at radius 3 is 2.08 bits per heavy atom. The molecule has 2 atom stereocenters. The van der Waals surface area contributed by atoms with E-state index in [1.54, 1.807) is 24.1 Å². The highest BCUT2D eigenvalue weighted by atomic mass is 19.1. The Morgan fingerprint density at radius 1 is 1.04 bits per heavy atom. The molecule has 2 unspecified atom stereocenters. The summed E-state index contributed by atoms with van der Waals surface area (Å²) in [4.78, 5) is 30.7. The summed E-state index contributed by atoms with van der Waals surface area (Å²) in [5.74, 6) is -1.54. The molecule has 2 fully saturated rings. The van der Waals surface area contributed by atoms with Gasteiger partial charge in [-0.25, -0.2) is 26.9 Å². The number of hydrogen-bond donors (Lipinski definition) is 2. The second kappa shape index (κ2) is 21.1. The Bertz CT molecular complexity index is 1410. The predicted molar refractivity (Wildman–Crippen MR) is 180 cm³/mol. The summed E-state index contributed by atoms with van der Waals surface area (Å²) in [7, 11) is 2.92. The van der Waals surface area contributed by atoms with E-state index in [9.17, 15) is 26.7 Å². The van der Waals surface area contributed by atoms with Gasteiger partial charge in [-0.1, -0.05) is 24.6 Å². The zero-order valence-corrected chi connectivity index (χ0v) is 28.7. The highest BCUT2D eigenvalue weighted by Gasteiger charge is 2.42. The van der Waals surface area contributed by atoms with E-state index >= 15 is 0 Å². The summed E-state index contributed by atoms with van der Waals surface area (Å²) < 4.78 is 69.2. The molecule has 2 N–H and O–H groups in total. The number of anilines is 1. The van der Waals surface area contributed by atoms with Crippen molar-refractivity contribution in [2.24, 2.45) is 0 Å². The Labute approximate surface area is 285 Å². The van der Waals surface area contributed by atoms with E-state index in [1.165, 1.54) is 19.2 Å². The van der Waals surface area contributed by atoms with Crippen LogP contribution >= 0.6 is 0 Å². The van der Waals surface area contributed by atoms with Crippen molar-refractivity contribution in [2.45, 2.75) is 64.3 Å². The quantitative estimate of drug-likeness (QED) is 0.210. The molecular formula is C36H47F5N4O4. The summed E-state index contributed by atoms with van der Waals surface area (Å²) in [5, 5.41) is 9.15. The molecule has 0 spiro atoms. The van der Waals surface area contributed by atoms with E-state index < -0.39 is 30.5 Å². The minimum absolute atomic E-state index is 0.0102. The van der Waals surface area contributed by atoms with Crippen molar-refractivity contribution in [1.82, 2.24) is 15.2 Å². The van der Waals surface area contributed by atoms with Crippen LogP contribution in [-0.4, -0.2) is 80.7 Å². The lowest BCUT2D eigenvalue weighted by Gasteiger charge is -2.32. The second-order valence-electron chi connectivity index (χ2n) is 11.6. The molecule has 0 aliphatic carbocycles. The van der Waals surface area contributed by atoms with Crippen LogP contribution in [0.15, 0.2) is 48.5 Å². The molecule has 1 aromatic heterocycles. The number of hydrogen-bond acceptors (Lipinski definition) is 6. The molecule has 0 saturated carbocycles. The molecule has 2 aromatic carbocycles. The van der Waals surface area contributed by atoms with Crippen molar-refractivity contribution >= 4 is 18.1 Å². The van der Waals surface area contributed by atoms with Crippen molar-refractivity contribution < 1.29 is 41.4 Å². The topological polar surface area (TPSA) is 95.0 Å². The number of alkyl halides is 2. The van der Waals surface area contributed by atoms with E-state index in [2.05, 4.69) is 16.3 Å². The minimum Gasteiger partial charge on any atom is -0.497 e. The molecule has 0 radical (unpaired) electrons. The number of likely N-dealkylation sites (tertiary alicyclic amines) is 1. The van der Waals surface area contributed by atoms with Crippen molar-refractivity contribution in [3.05, 3.63) is 88.4 Å². The number of nitrogens with zero attached hydrogens (tertiary/aromatic N) is 3. The van der Waals surface area contributed by atoms with Crippen molar-refractivity contribution in [2.75, 3.05) is 52.2 Å². The number of halogens is 5. The van der Waals surface area contributed by atoms with E-state index in [0.717, 1.165) is 61.3 Å². The third-order valence-electron chi connectivity index (χ3n) is 8.39. The first-order chi connectivity index (χ1) is 23.5. The number of pyridine rings is 1. The molecule has 2 amide bonds. The summed E-state index contributed by atoms with van der Waals surface area (Å²) in [5.41, 5.74) is 3.00. The van der Waals surface area contributed by atoms with Gasteiger partial charge in [0, 0.05) is 61.3 Å². The third kappa shape index (κ3) is 12.1. The summed E-state index contributed by atoms with van der Waals surface area (Å²) in [6.45, 7) is 6.29. The van der Waals surface area contributed by atoms with Gasteiger partial charge in [-0.05, 0) is 76.0 Å². The number of rotatable bonds is 8. The molecule has 0 bridgehead atoms. The molecule has 49 heavy (non-hydrogen) atoms. The van der Waals surface area contributed by atoms with Crippen LogP contribution in [0.1, 0.15) is 67.3 Å². The number of benzene rings is 2. The zero-order chi connectivity index (χ0) is 36.5. The van der Waals surface area contributed by atoms with Crippen molar-refractivity contribution in [3.63, 3.8) is 0 Å². The largest absolute Gasteiger partial charge is 0.497 e. The number of methoxy groups -OCH3 is 1. The smallest absolute Gasteiger partial charge is 0.229 e. The van der Waals surface area contributed by atoms with Gasteiger partial charge in [0.2, 0.25) is 12.3 Å².